The van der Waals surface area contributed by atoms with E-state index < -0.39 is 23.4 Å². The molecular formula is C19H21F2N3O. The predicted molar refractivity (Wildman–Crippen MR) is 95.1 cm³/mol. The number of rotatable bonds is 2. The van der Waals surface area contributed by atoms with Crippen molar-refractivity contribution in [3.63, 3.8) is 0 Å². The molecular weight excluding hydrogens is 324 g/mol. The van der Waals surface area contributed by atoms with E-state index in [0.29, 0.717) is 26.2 Å². The van der Waals surface area contributed by atoms with Crippen molar-refractivity contribution in [1.82, 2.24) is 4.90 Å². The van der Waals surface area contributed by atoms with Crippen molar-refractivity contribution in [2.45, 2.75) is 13.8 Å². The summed E-state index contributed by atoms with van der Waals surface area (Å²) in [6.45, 7) is 6.49. The van der Waals surface area contributed by atoms with Gasteiger partial charge < -0.3 is 15.1 Å². The highest BCUT2D eigenvalue weighted by Crippen LogP contribution is 2.22. The summed E-state index contributed by atoms with van der Waals surface area (Å²) in [4.78, 5) is 16.1. The molecule has 0 aromatic heterocycles. The third-order valence-corrected chi connectivity index (χ3v) is 4.62. The summed E-state index contributed by atoms with van der Waals surface area (Å²) in [6.07, 6.45) is 0. The zero-order valence-electron chi connectivity index (χ0n) is 14.4. The van der Waals surface area contributed by atoms with Gasteiger partial charge in [-0.15, -0.1) is 0 Å². The lowest BCUT2D eigenvalue weighted by atomic mass is 10.1. The lowest BCUT2D eigenvalue weighted by Crippen LogP contribution is -2.50. The van der Waals surface area contributed by atoms with Gasteiger partial charge in [0.2, 0.25) is 0 Å². The van der Waals surface area contributed by atoms with Crippen LogP contribution >= 0.6 is 0 Å². The number of anilines is 2. The van der Waals surface area contributed by atoms with Gasteiger partial charge in [-0.25, -0.2) is 13.6 Å². The molecule has 1 N–H and O–H groups in total. The van der Waals surface area contributed by atoms with Gasteiger partial charge >= 0.3 is 6.03 Å². The van der Waals surface area contributed by atoms with E-state index in [9.17, 15) is 13.6 Å². The van der Waals surface area contributed by atoms with Crippen LogP contribution in [-0.2, 0) is 0 Å². The molecule has 1 saturated heterocycles. The molecule has 1 aliphatic heterocycles. The van der Waals surface area contributed by atoms with Gasteiger partial charge in [-0.3, -0.25) is 0 Å². The van der Waals surface area contributed by atoms with Gasteiger partial charge in [0.05, 0.1) is 0 Å². The Kier molecular flexibility index (Phi) is 4.88. The number of halogens is 2. The van der Waals surface area contributed by atoms with Crippen LogP contribution < -0.4 is 10.2 Å². The van der Waals surface area contributed by atoms with Gasteiger partial charge in [0, 0.05) is 31.9 Å². The summed E-state index contributed by atoms with van der Waals surface area (Å²) in [5.74, 6) is -1.55. The molecule has 0 bridgehead atoms. The number of piperazine rings is 1. The molecule has 0 radical (unpaired) electrons. The average Bonchev–Trinajstić information content (AvgIpc) is 2.61. The Morgan fingerprint density at radius 2 is 1.60 bits per heavy atom. The molecule has 0 aliphatic carbocycles. The molecule has 0 saturated carbocycles. The third-order valence-electron chi connectivity index (χ3n) is 4.62. The zero-order chi connectivity index (χ0) is 18.0. The van der Waals surface area contributed by atoms with E-state index in [1.54, 1.807) is 4.90 Å². The normalized spacial score (nSPS) is 14.6. The van der Waals surface area contributed by atoms with E-state index in [1.165, 1.54) is 17.2 Å². The fourth-order valence-electron chi connectivity index (χ4n) is 2.89. The number of aryl methyl sites for hydroxylation is 2. The molecule has 2 aromatic rings. The van der Waals surface area contributed by atoms with Crippen LogP contribution in [0.5, 0.6) is 0 Å². The molecule has 132 valence electrons. The first kappa shape index (κ1) is 17.2. The van der Waals surface area contributed by atoms with Crippen LogP contribution in [-0.4, -0.2) is 37.1 Å². The number of hydrogen-bond donors (Lipinski definition) is 1. The Morgan fingerprint density at radius 3 is 2.20 bits per heavy atom. The second kappa shape index (κ2) is 7.09. The van der Waals surface area contributed by atoms with Gasteiger partial charge in [0.25, 0.3) is 0 Å². The molecule has 0 atom stereocenters. The summed E-state index contributed by atoms with van der Waals surface area (Å²) in [5, 5.41) is 2.34. The van der Waals surface area contributed by atoms with Crippen LogP contribution in [0.2, 0.25) is 0 Å². The largest absolute Gasteiger partial charge is 0.368 e. The summed E-state index contributed by atoms with van der Waals surface area (Å²) >= 11 is 0. The van der Waals surface area contributed by atoms with Crippen LogP contribution in [0.4, 0.5) is 25.0 Å². The van der Waals surface area contributed by atoms with Crippen molar-refractivity contribution >= 4 is 17.4 Å². The quantitative estimate of drug-likeness (QED) is 0.895. The molecule has 2 aromatic carbocycles. The van der Waals surface area contributed by atoms with Crippen LogP contribution in [0.3, 0.4) is 0 Å². The van der Waals surface area contributed by atoms with Gasteiger partial charge in [-0.2, -0.15) is 0 Å². The lowest BCUT2D eigenvalue weighted by Gasteiger charge is -2.36. The Morgan fingerprint density at radius 1 is 0.960 bits per heavy atom. The highest BCUT2D eigenvalue weighted by atomic mass is 19.1. The van der Waals surface area contributed by atoms with E-state index >= 15 is 0 Å². The van der Waals surface area contributed by atoms with Crippen LogP contribution in [0.15, 0.2) is 36.4 Å². The van der Waals surface area contributed by atoms with Gasteiger partial charge in [-0.05, 0) is 49.2 Å². The first-order valence-corrected chi connectivity index (χ1v) is 8.28. The fourth-order valence-corrected chi connectivity index (χ4v) is 2.89. The Bertz CT molecular complexity index is 766. The van der Waals surface area contributed by atoms with Crippen molar-refractivity contribution < 1.29 is 13.6 Å². The minimum Gasteiger partial charge on any atom is -0.368 e. The molecule has 1 heterocycles. The van der Waals surface area contributed by atoms with E-state index in [4.69, 9.17) is 0 Å². The minimum atomic E-state index is -0.776. The number of carbonyl (C=O) groups excluding carboxylic acids is 1. The molecule has 3 rings (SSSR count). The fraction of sp³-hybridized carbons (Fsp3) is 0.316. The number of urea groups is 1. The Labute approximate surface area is 146 Å². The highest BCUT2D eigenvalue weighted by Gasteiger charge is 2.23. The summed E-state index contributed by atoms with van der Waals surface area (Å²) in [7, 11) is 0. The SMILES string of the molecule is Cc1ccc(N2CCN(C(=O)Nc3c(F)cccc3F)CC2)cc1C. The van der Waals surface area contributed by atoms with E-state index in [1.807, 2.05) is 0 Å². The summed E-state index contributed by atoms with van der Waals surface area (Å²) in [6, 6.07) is 9.33. The summed E-state index contributed by atoms with van der Waals surface area (Å²) < 4.78 is 27.3. The van der Waals surface area contributed by atoms with Crippen LogP contribution in [0.1, 0.15) is 11.1 Å². The van der Waals surface area contributed by atoms with Crippen molar-refractivity contribution in [1.29, 1.82) is 0 Å². The molecule has 4 nitrogen and oxygen atoms in total. The minimum absolute atomic E-state index is 0.399. The maximum absolute atomic E-state index is 13.7. The molecule has 25 heavy (non-hydrogen) atoms. The number of benzene rings is 2. The number of nitrogens with zero attached hydrogens (tertiary/aromatic N) is 2. The number of hydrogen-bond acceptors (Lipinski definition) is 2. The maximum Gasteiger partial charge on any atom is 0.322 e. The first-order chi connectivity index (χ1) is 12.0. The topological polar surface area (TPSA) is 35.6 Å². The van der Waals surface area contributed by atoms with Crippen molar-refractivity contribution in [2.24, 2.45) is 0 Å². The average molecular weight is 345 g/mol. The van der Waals surface area contributed by atoms with Crippen LogP contribution in [0, 0.1) is 25.5 Å². The second-order valence-corrected chi connectivity index (χ2v) is 6.27. The Hall–Kier alpha value is -2.63. The Balaban J connectivity index is 1.62. The smallest absolute Gasteiger partial charge is 0.322 e. The first-order valence-electron chi connectivity index (χ1n) is 8.28. The molecule has 6 heteroatoms. The number of nitrogens with one attached hydrogen (secondary N) is 1. The van der Waals surface area contributed by atoms with Gasteiger partial charge in [0.1, 0.15) is 17.3 Å². The number of para-hydroxylation sites is 1. The van der Waals surface area contributed by atoms with Crippen molar-refractivity contribution in [2.75, 3.05) is 36.4 Å². The summed E-state index contributed by atoms with van der Waals surface area (Å²) in [5.41, 5.74) is 3.20. The number of carbonyl (C=O) groups is 1. The zero-order valence-corrected chi connectivity index (χ0v) is 14.4. The van der Waals surface area contributed by atoms with E-state index in [-0.39, 0.29) is 0 Å². The van der Waals surface area contributed by atoms with Crippen LogP contribution in [0.25, 0.3) is 0 Å². The maximum atomic E-state index is 13.7. The predicted octanol–water partition coefficient (Wildman–Crippen LogP) is 3.94. The lowest BCUT2D eigenvalue weighted by molar-refractivity contribution is 0.208. The van der Waals surface area contributed by atoms with Crippen molar-refractivity contribution in [3.8, 4) is 0 Å². The second-order valence-electron chi connectivity index (χ2n) is 6.27. The molecule has 0 spiro atoms. The monoisotopic (exact) mass is 345 g/mol. The van der Waals surface area contributed by atoms with Crippen molar-refractivity contribution in [3.05, 3.63) is 59.2 Å². The van der Waals surface area contributed by atoms with Gasteiger partial charge in [-0.1, -0.05) is 12.1 Å². The van der Waals surface area contributed by atoms with Gasteiger partial charge in [0.15, 0.2) is 0 Å². The molecule has 1 aliphatic rings. The molecule has 1 fully saturated rings. The molecule has 0 unspecified atom stereocenters. The highest BCUT2D eigenvalue weighted by molar-refractivity contribution is 5.89. The van der Waals surface area contributed by atoms with E-state index in [2.05, 4.69) is 42.3 Å². The standard InChI is InChI=1S/C19H21F2N3O/c1-13-6-7-15(12-14(13)2)23-8-10-24(11-9-23)19(25)22-18-16(20)4-3-5-17(18)21/h3-7,12H,8-11H2,1-2H3,(H,22,25). The van der Waals surface area contributed by atoms with E-state index in [0.717, 1.165) is 17.8 Å². The number of amides is 2. The third kappa shape index (κ3) is 3.73. The molecule has 2 amide bonds.